The Bertz CT molecular complexity index is 502. The summed E-state index contributed by atoms with van der Waals surface area (Å²) in [6.45, 7) is 2.54. The van der Waals surface area contributed by atoms with Crippen LogP contribution >= 0.6 is 24.0 Å². The summed E-state index contributed by atoms with van der Waals surface area (Å²) in [4.78, 5) is 4.14. The molecule has 0 aliphatic carbocycles. The lowest BCUT2D eigenvalue weighted by Crippen LogP contribution is -2.32. The van der Waals surface area contributed by atoms with Crippen molar-refractivity contribution in [3.63, 3.8) is 0 Å². The van der Waals surface area contributed by atoms with Gasteiger partial charge in [-0.15, -0.1) is 24.0 Å². The first-order chi connectivity index (χ1) is 11.1. The monoisotopic (exact) mass is 457 g/mol. The summed E-state index contributed by atoms with van der Waals surface area (Å²) in [6, 6.07) is 4.82. The van der Waals surface area contributed by atoms with Gasteiger partial charge in [0.2, 0.25) is 0 Å². The highest BCUT2D eigenvalue weighted by Gasteiger charge is 2.11. The molecule has 0 spiro atoms. The van der Waals surface area contributed by atoms with Crippen LogP contribution in [0.5, 0.6) is 11.5 Å². The van der Waals surface area contributed by atoms with Gasteiger partial charge in [0.1, 0.15) is 11.5 Å². The van der Waals surface area contributed by atoms with Crippen LogP contribution in [0.3, 0.4) is 0 Å². The Morgan fingerprint density at radius 1 is 1.29 bits per heavy atom. The van der Waals surface area contributed by atoms with Gasteiger partial charge in [0.05, 0.1) is 13.2 Å². The topological polar surface area (TPSA) is 68.9 Å². The van der Waals surface area contributed by atoms with Gasteiger partial charge in [-0.2, -0.15) is 8.78 Å². The molecule has 8 heteroatoms. The first-order valence-electron chi connectivity index (χ1n) is 7.81. The van der Waals surface area contributed by atoms with E-state index in [-0.39, 0.29) is 42.2 Å². The van der Waals surface area contributed by atoms with E-state index < -0.39 is 6.61 Å². The summed E-state index contributed by atoms with van der Waals surface area (Å²) in [6.07, 6.45) is 2.86. The SMILES string of the molecule is CCCCNC(N)=NCc1ccc(OCCC)cc1OC(F)F.I. The third-order valence-electron chi connectivity index (χ3n) is 2.98. The van der Waals surface area contributed by atoms with Crippen LogP contribution in [0.15, 0.2) is 23.2 Å². The molecule has 0 radical (unpaired) electrons. The number of hydrogen-bond donors (Lipinski definition) is 2. The first-order valence-corrected chi connectivity index (χ1v) is 7.81. The summed E-state index contributed by atoms with van der Waals surface area (Å²) in [7, 11) is 0. The van der Waals surface area contributed by atoms with E-state index in [2.05, 4.69) is 22.0 Å². The molecule has 0 bridgehead atoms. The number of alkyl halides is 2. The van der Waals surface area contributed by atoms with Gasteiger partial charge in [-0.1, -0.05) is 20.3 Å². The van der Waals surface area contributed by atoms with E-state index in [0.717, 1.165) is 25.8 Å². The van der Waals surface area contributed by atoms with E-state index in [4.69, 9.17) is 10.5 Å². The molecule has 0 saturated carbocycles. The van der Waals surface area contributed by atoms with Gasteiger partial charge in [-0.3, -0.25) is 0 Å². The van der Waals surface area contributed by atoms with Crippen LogP contribution in [0.2, 0.25) is 0 Å². The van der Waals surface area contributed by atoms with Crippen LogP contribution in [-0.4, -0.2) is 25.7 Å². The van der Waals surface area contributed by atoms with Crippen molar-refractivity contribution in [3.8, 4) is 11.5 Å². The average molecular weight is 457 g/mol. The Morgan fingerprint density at radius 2 is 2.04 bits per heavy atom. The van der Waals surface area contributed by atoms with E-state index >= 15 is 0 Å². The van der Waals surface area contributed by atoms with Crippen LogP contribution in [0.1, 0.15) is 38.7 Å². The normalized spacial score (nSPS) is 11.1. The predicted octanol–water partition coefficient (Wildman–Crippen LogP) is 3.90. The fourth-order valence-electron chi connectivity index (χ4n) is 1.80. The summed E-state index contributed by atoms with van der Waals surface area (Å²) in [5.41, 5.74) is 6.26. The maximum absolute atomic E-state index is 12.6. The minimum atomic E-state index is -2.90. The first kappa shape index (κ1) is 22.7. The molecule has 5 nitrogen and oxygen atoms in total. The second kappa shape index (κ2) is 13.0. The molecular formula is C16H26F2IN3O2. The molecule has 1 aromatic rings. The fourth-order valence-corrected chi connectivity index (χ4v) is 1.80. The second-order valence-electron chi connectivity index (χ2n) is 4.98. The zero-order valence-corrected chi connectivity index (χ0v) is 16.4. The minimum Gasteiger partial charge on any atom is -0.493 e. The van der Waals surface area contributed by atoms with Crippen molar-refractivity contribution in [1.82, 2.24) is 5.32 Å². The number of unbranched alkanes of at least 4 members (excludes halogenated alkanes) is 1. The van der Waals surface area contributed by atoms with Crippen LogP contribution < -0.4 is 20.5 Å². The largest absolute Gasteiger partial charge is 0.493 e. The van der Waals surface area contributed by atoms with Crippen LogP contribution in [-0.2, 0) is 6.54 Å². The number of rotatable bonds is 10. The minimum absolute atomic E-state index is 0. The number of aliphatic imine (C=N–C) groups is 1. The molecule has 0 saturated heterocycles. The molecule has 0 aromatic heterocycles. The molecule has 0 heterocycles. The number of ether oxygens (including phenoxy) is 2. The number of nitrogens with one attached hydrogen (secondary N) is 1. The quantitative estimate of drug-likeness (QED) is 0.242. The van der Waals surface area contributed by atoms with Crippen molar-refractivity contribution in [2.24, 2.45) is 10.7 Å². The molecule has 138 valence electrons. The van der Waals surface area contributed by atoms with Gasteiger partial charge >= 0.3 is 6.61 Å². The molecular weight excluding hydrogens is 431 g/mol. The van der Waals surface area contributed by atoms with E-state index in [1.54, 1.807) is 12.1 Å². The Morgan fingerprint density at radius 3 is 2.67 bits per heavy atom. The van der Waals surface area contributed by atoms with Crippen molar-refractivity contribution in [1.29, 1.82) is 0 Å². The van der Waals surface area contributed by atoms with Gasteiger partial charge in [-0.05, 0) is 25.0 Å². The summed E-state index contributed by atoms with van der Waals surface area (Å²) in [5.74, 6) is 0.829. The average Bonchev–Trinajstić information content (AvgIpc) is 2.51. The highest BCUT2D eigenvalue weighted by Crippen LogP contribution is 2.27. The van der Waals surface area contributed by atoms with E-state index in [1.165, 1.54) is 6.07 Å². The van der Waals surface area contributed by atoms with E-state index in [0.29, 0.717) is 17.9 Å². The van der Waals surface area contributed by atoms with Crippen molar-refractivity contribution in [3.05, 3.63) is 23.8 Å². The predicted molar refractivity (Wildman–Crippen MR) is 103 cm³/mol. The second-order valence-corrected chi connectivity index (χ2v) is 4.98. The van der Waals surface area contributed by atoms with Crippen LogP contribution in [0.25, 0.3) is 0 Å². The Kier molecular flexibility index (Phi) is 12.3. The Hall–Kier alpha value is -1.32. The van der Waals surface area contributed by atoms with Crippen molar-refractivity contribution in [2.75, 3.05) is 13.2 Å². The molecule has 24 heavy (non-hydrogen) atoms. The van der Waals surface area contributed by atoms with Gasteiger partial charge in [0, 0.05) is 18.2 Å². The van der Waals surface area contributed by atoms with Crippen molar-refractivity contribution < 1.29 is 18.3 Å². The van der Waals surface area contributed by atoms with E-state index in [1.807, 2.05) is 6.92 Å². The summed E-state index contributed by atoms with van der Waals surface area (Å²) >= 11 is 0. The molecule has 0 amide bonds. The van der Waals surface area contributed by atoms with E-state index in [9.17, 15) is 8.78 Å². The lowest BCUT2D eigenvalue weighted by atomic mass is 10.2. The lowest BCUT2D eigenvalue weighted by molar-refractivity contribution is -0.0505. The molecule has 0 atom stereocenters. The summed E-state index contributed by atoms with van der Waals surface area (Å²) < 4.78 is 35.1. The molecule has 0 fully saturated rings. The fraction of sp³-hybridized carbons (Fsp3) is 0.562. The smallest absolute Gasteiger partial charge is 0.387 e. The number of benzene rings is 1. The molecule has 1 aromatic carbocycles. The number of nitrogens with zero attached hydrogens (tertiary/aromatic N) is 1. The molecule has 0 aliphatic rings. The lowest BCUT2D eigenvalue weighted by Gasteiger charge is -2.12. The highest BCUT2D eigenvalue weighted by atomic mass is 127. The van der Waals surface area contributed by atoms with Gasteiger partial charge in [0.15, 0.2) is 5.96 Å². The molecule has 1 rings (SSSR count). The number of guanidine groups is 1. The maximum Gasteiger partial charge on any atom is 0.387 e. The highest BCUT2D eigenvalue weighted by molar-refractivity contribution is 14.0. The van der Waals surface area contributed by atoms with Gasteiger partial charge < -0.3 is 20.5 Å². The maximum atomic E-state index is 12.6. The van der Waals surface area contributed by atoms with Gasteiger partial charge in [-0.25, -0.2) is 4.99 Å². The zero-order chi connectivity index (χ0) is 17.1. The number of hydrogen-bond acceptors (Lipinski definition) is 3. The number of nitrogens with two attached hydrogens (primary N) is 1. The Labute approximate surface area is 159 Å². The molecule has 0 aliphatic heterocycles. The van der Waals surface area contributed by atoms with Crippen molar-refractivity contribution >= 4 is 29.9 Å². The third-order valence-corrected chi connectivity index (χ3v) is 2.98. The van der Waals surface area contributed by atoms with Crippen LogP contribution in [0.4, 0.5) is 8.78 Å². The molecule has 3 N–H and O–H groups in total. The van der Waals surface area contributed by atoms with Crippen LogP contribution in [0, 0.1) is 0 Å². The van der Waals surface area contributed by atoms with Crippen molar-refractivity contribution in [2.45, 2.75) is 46.3 Å². The molecule has 0 unspecified atom stereocenters. The standard InChI is InChI=1S/C16H25F2N3O2.HI/c1-3-5-8-20-16(19)21-11-12-6-7-13(22-9-4-2)10-14(12)23-15(17)18;/h6-7,10,15H,3-5,8-9,11H2,1-2H3,(H3,19,20,21);1H. The van der Waals surface area contributed by atoms with Gasteiger partial charge in [0.25, 0.3) is 0 Å². The zero-order valence-electron chi connectivity index (χ0n) is 14.1. The third kappa shape index (κ3) is 9.09. The Balaban J connectivity index is 0.00000529. The summed E-state index contributed by atoms with van der Waals surface area (Å²) in [5, 5.41) is 2.97. The number of halogens is 3.